The number of primary amides is 1. The van der Waals surface area contributed by atoms with E-state index in [2.05, 4.69) is 5.32 Å². The van der Waals surface area contributed by atoms with Crippen molar-refractivity contribution in [3.63, 3.8) is 0 Å². The Morgan fingerprint density at radius 2 is 2.19 bits per heavy atom. The predicted molar refractivity (Wildman–Crippen MR) is 102 cm³/mol. The molecule has 27 heavy (non-hydrogen) atoms. The van der Waals surface area contributed by atoms with Gasteiger partial charge >= 0.3 is 0 Å². The van der Waals surface area contributed by atoms with E-state index in [-0.39, 0.29) is 24.0 Å². The largest absolute Gasteiger partial charge is 0.496 e. The zero-order valence-electron chi connectivity index (χ0n) is 15.2. The average molecular weight is 368 g/mol. The highest BCUT2D eigenvalue weighted by atomic mass is 16.5. The van der Waals surface area contributed by atoms with E-state index in [4.69, 9.17) is 21.6 Å². The number of hydrogen-bond donors (Lipinski definition) is 4. The van der Waals surface area contributed by atoms with Crippen molar-refractivity contribution >= 4 is 17.5 Å². The molecular formula is C20H24N4O3. The van der Waals surface area contributed by atoms with Gasteiger partial charge in [0.2, 0.25) is 5.91 Å². The summed E-state index contributed by atoms with van der Waals surface area (Å²) >= 11 is 0. The summed E-state index contributed by atoms with van der Waals surface area (Å²) in [5.41, 5.74) is 11.6. The van der Waals surface area contributed by atoms with Crippen LogP contribution in [-0.2, 0) is 20.7 Å². The summed E-state index contributed by atoms with van der Waals surface area (Å²) in [6.45, 7) is 1.48. The molecule has 2 aliphatic rings. The Morgan fingerprint density at radius 1 is 1.41 bits per heavy atom. The van der Waals surface area contributed by atoms with Gasteiger partial charge in [0, 0.05) is 23.6 Å². The number of amidine groups is 1. The van der Waals surface area contributed by atoms with E-state index in [1.807, 2.05) is 0 Å². The lowest BCUT2D eigenvalue weighted by molar-refractivity contribution is -0.135. The minimum atomic E-state index is -1.48. The Bertz CT molecular complexity index is 853. The first-order chi connectivity index (χ1) is 12.9. The van der Waals surface area contributed by atoms with Gasteiger partial charge in [-0.25, -0.2) is 0 Å². The van der Waals surface area contributed by atoms with Gasteiger partial charge < -0.3 is 21.5 Å². The molecule has 0 radical (unpaired) electrons. The zero-order valence-corrected chi connectivity index (χ0v) is 15.2. The quantitative estimate of drug-likeness (QED) is 0.332. The van der Waals surface area contributed by atoms with E-state index in [9.17, 15) is 9.59 Å². The summed E-state index contributed by atoms with van der Waals surface area (Å²) in [7, 11) is 1.52. The zero-order chi connectivity index (χ0) is 19.6. The Labute approximate surface area is 158 Å². The first-order valence-electron chi connectivity index (χ1n) is 8.85. The lowest BCUT2D eigenvalue weighted by Gasteiger charge is -2.32. The maximum Gasteiger partial charge on any atom is 0.235 e. The average Bonchev–Trinajstić information content (AvgIpc) is 3.17. The Kier molecular flexibility index (Phi) is 5.14. The third-order valence-electron chi connectivity index (χ3n) is 5.28. The number of methoxy groups -OCH3 is 1. The smallest absolute Gasteiger partial charge is 0.235 e. The number of ketones is 1. The van der Waals surface area contributed by atoms with Crippen molar-refractivity contribution in [2.24, 2.45) is 22.8 Å². The van der Waals surface area contributed by atoms with Crippen molar-refractivity contribution in [3.05, 3.63) is 58.9 Å². The molecule has 1 fully saturated rings. The fraction of sp³-hybridized carbons (Fsp3) is 0.350. The summed E-state index contributed by atoms with van der Waals surface area (Å²) in [6.07, 6.45) is 4.13. The molecule has 3 rings (SSSR count). The number of carbonyl (C=O) groups excluding carboxylic acids is 2. The molecule has 0 spiro atoms. The van der Waals surface area contributed by atoms with Crippen molar-refractivity contribution in [3.8, 4) is 0 Å². The van der Waals surface area contributed by atoms with Crippen LogP contribution in [0.4, 0.5) is 0 Å². The molecule has 1 aliphatic heterocycles. The molecule has 1 amide bonds. The van der Waals surface area contributed by atoms with Gasteiger partial charge in [-0.2, -0.15) is 0 Å². The van der Waals surface area contributed by atoms with E-state index in [0.29, 0.717) is 29.0 Å². The molecule has 1 aromatic rings. The summed E-state index contributed by atoms with van der Waals surface area (Å²) in [4.78, 5) is 26.0. The number of nitrogens with two attached hydrogens (primary N) is 2. The molecule has 142 valence electrons. The number of Topliss-reactive ketones (excluding diaryl/α,β-unsaturated/α-hetero) is 1. The standard InChI is InChI=1S/C20H24N4O3/c1-27-15-5-7-20(19(23)26,17(25)16(15)14-6-8-24-11-14)10-12-3-2-4-13(9-12)18(21)22/h2-5,7,9,14,24H,6,8,10-11H2,1H3,(H3,21,22)(H2,23,26)/t14-,20?/m1/s1. The van der Waals surface area contributed by atoms with Crippen LogP contribution in [0.15, 0.2) is 47.7 Å². The van der Waals surface area contributed by atoms with E-state index in [0.717, 1.165) is 13.0 Å². The molecule has 7 nitrogen and oxygen atoms in total. The monoisotopic (exact) mass is 368 g/mol. The molecule has 1 aliphatic carbocycles. The number of nitrogens with one attached hydrogen (secondary N) is 2. The fourth-order valence-electron chi connectivity index (χ4n) is 3.79. The minimum Gasteiger partial charge on any atom is -0.496 e. The Balaban J connectivity index is 2.02. The lowest BCUT2D eigenvalue weighted by atomic mass is 9.69. The van der Waals surface area contributed by atoms with Crippen molar-refractivity contribution in [1.29, 1.82) is 5.41 Å². The number of nitrogen functional groups attached to an aromatic ring is 1. The molecule has 1 unspecified atom stereocenters. The topological polar surface area (TPSA) is 131 Å². The molecule has 0 saturated carbocycles. The maximum atomic E-state index is 13.5. The van der Waals surface area contributed by atoms with Crippen LogP contribution in [0.5, 0.6) is 0 Å². The third-order valence-corrected chi connectivity index (χ3v) is 5.28. The SMILES string of the molecule is COC1=C([C@@H]2CCNC2)C(=O)C(Cc2cccc(C(=N)N)c2)(C(N)=O)C=C1. The molecular weight excluding hydrogens is 344 g/mol. The van der Waals surface area contributed by atoms with Crippen LogP contribution < -0.4 is 16.8 Å². The van der Waals surface area contributed by atoms with Crippen LogP contribution >= 0.6 is 0 Å². The van der Waals surface area contributed by atoms with Gasteiger partial charge in [-0.3, -0.25) is 15.0 Å². The first kappa shape index (κ1) is 18.8. The van der Waals surface area contributed by atoms with Crippen LogP contribution in [0.1, 0.15) is 17.5 Å². The van der Waals surface area contributed by atoms with E-state index < -0.39 is 11.3 Å². The van der Waals surface area contributed by atoms with Crippen LogP contribution in [0.25, 0.3) is 0 Å². The molecule has 1 aromatic carbocycles. The van der Waals surface area contributed by atoms with Gasteiger partial charge in [0.1, 0.15) is 17.0 Å². The second-order valence-electron chi connectivity index (χ2n) is 6.96. The second kappa shape index (κ2) is 7.36. The van der Waals surface area contributed by atoms with Crippen LogP contribution in [-0.4, -0.2) is 37.7 Å². The van der Waals surface area contributed by atoms with Crippen LogP contribution in [0.3, 0.4) is 0 Å². The van der Waals surface area contributed by atoms with E-state index in [1.54, 1.807) is 36.4 Å². The lowest BCUT2D eigenvalue weighted by Crippen LogP contribution is -2.47. The first-order valence-corrected chi connectivity index (χ1v) is 8.85. The Hall–Kier alpha value is -2.93. The van der Waals surface area contributed by atoms with Crippen molar-refractivity contribution in [2.75, 3.05) is 20.2 Å². The molecule has 6 N–H and O–H groups in total. The summed E-state index contributed by atoms with van der Waals surface area (Å²) in [5.74, 6) is -0.607. The number of ether oxygens (including phenoxy) is 1. The fourth-order valence-corrected chi connectivity index (χ4v) is 3.79. The summed E-state index contributed by atoms with van der Waals surface area (Å²) in [6, 6.07) is 6.96. The highest BCUT2D eigenvalue weighted by molar-refractivity contribution is 6.16. The van der Waals surface area contributed by atoms with Gasteiger partial charge in [-0.15, -0.1) is 0 Å². The second-order valence-corrected chi connectivity index (χ2v) is 6.96. The molecule has 7 heteroatoms. The van der Waals surface area contributed by atoms with Gasteiger partial charge in [0.15, 0.2) is 5.78 Å². The molecule has 1 heterocycles. The van der Waals surface area contributed by atoms with Crippen molar-refractivity contribution < 1.29 is 14.3 Å². The van der Waals surface area contributed by atoms with Crippen molar-refractivity contribution in [1.82, 2.24) is 5.32 Å². The van der Waals surface area contributed by atoms with Gasteiger partial charge in [0.25, 0.3) is 0 Å². The van der Waals surface area contributed by atoms with Crippen LogP contribution in [0, 0.1) is 16.7 Å². The number of carbonyl (C=O) groups is 2. The minimum absolute atomic E-state index is 0.0142. The van der Waals surface area contributed by atoms with Crippen molar-refractivity contribution in [2.45, 2.75) is 12.8 Å². The highest BCUT2D eigenvalue weighted by Crippen LogP contribution is 2.39. The van der Waals surface area contributed by atoms with Gasteiger partial charge in [-0.05, 0) is 37.1 Å². The number of benzene rings is 1. The maximum absolute atomic E-state index is 13.5. The molecule has 0 bridgehead atoms. The van der Waals surface area contributed by atoms with Gasteiger partial charge in [-0.1, -0.05) is 24.3 Å². The molecule has 2 atom stereocenters. The normalized spacial score (nSPS) is 24.9. The predicted octanol–water partition coefficient (Wildman–Crippen LogP) is 0.634. The third kappa shape index (κ3) is 3.38. The van der Waals surface area contributed by atoms with Gasteiger partial charge in [0.05, 0.1) is 7.11 Å². The number of amides is 1. The highest BCUT2D eigenvalue weighted by Gasteiger charge is 2.48. The van der Waals surface area contributed by atoms with Crippen LogP contribution in [0.2, 0.25) is 0 Å². The number of hydrogen-bond acceptors (Lipinski definition) is 5. The number of rotatable bonds is 6. The number of allylic oxidation sites excluding steroid dienone is 1. The van der Waals surface area contributed by atoms with E-state index >= 15 is 0 Å². The summed E-state index contributed by atoms with van der Waals surface area (Å²) in [5, 5.41) is 10.8. The molecule has 0 aromatic heterocycles. The van der Waals surface area contributed by atoms with E-state index in [1.165, 1.54) is 7.11 Å². The summed E-state index contributed by atoms with van der Waals surface area (Å²) < 4.78 is 5.41. The Morgan fingerprint density at radius 3 is 2.78 bits per heavy atom. The molecule has 1 saturated heterocycles.